The maximum Gasteiger partial charge on any atom is 0.332 e. The van der Waals surface area contributed by atoms with E-state index >= 15 is 0 Å². The van der Waals surface area contributed by atoms with Crippen LogP contribution in [-0.2, 0) is 5.41 Å². The van der Waals surface area contributed by atoms with Crippen molar-refractivity contribution in [3.8, 4) is 5.69 Å². The lowest BCUT2D eigenvalue weighted by atomic mass is 9.49. The van der Waals surface area contributed by atoms with E-state index in [1.807, 2.05) is 35.1 Å². The maximum absolute atomic E-state index is 10.7. The molecule has 0 spiro atoms. The smallest absolute Gasteiger partial charge is 0.332 e. The normalized spacial score (nSPS) is 31.5. The summed E-state index contributed by atoms with van der Waals surface area (Å²) in [5, 5.41) is 12.5. The fourth-order valence-corrected chi connectivity index (χ4v) is 6.08. The molecule has 4 bridgehead atoms. The molecule has 6 rings (SSSR count). The summed E-state index contributed by atoms with van der Waals surface area (Å²) >= 11 is 0. The monoisotopic (exact) mass is 364 g/mol. The summed E-state index contributed by atoms with van der Waals surface area (Å²) in [5.41, 5.74) is 10.6. The molecule has 140 valence electrons. The first kappa shape index (κ1) is 16.5. The van der Waals surface area contributed by atoms with E-state index in [2.05, 4.69) is 20.8 Å². The van der Waals surface area contributed by atoms with Crippen LogP contribution in [0.3, 0.4) is 0 Å². The van der Waals surface area contributed by atoms with Crippen molar-refractivity contribution < 1.29 is 4.79 Å². The fraction of sp³-hybridized carbons (Fsp3) is 0.500. The molecule has 3 N–H and O–H groups in total. The lowest BCUT2D eigenvalue weighted by Gasteiger charge is -2.56. The number of carbonyl (C=O) groups is 1. The van der Waals surface area contributed by atoms with Gasteiger partial charge in [0, 0.05) is 5.41 Å². The maximum atomic E-state index is 10.7. The quantitative estimate of drug-likeness (QED) is 0.644. The minimum atomic E-state index is -0.675. The second kappa shape index (κ2) is 6.18. The molecule has 27 heavy (non-hydrogen) atoms. The Morgan fingerprint density at radius 1 is 1.15 bits per heavy atom. The number of nitrogens with zero attached hydrogens (tertiary/aromatic N) is 4. The highest BCUT2D eigenvalue weighted by atomic mass is 16.2. The number of aromatic nitrogens is 3. The third-order valence-electron chi connectivity index (χ3n) is 6.66. The van der Waals surface area contributed by atoms with Crippen LogP contribution < -0.4 is 11.2 Å². The molecule has 2 amide bonds. The summed E-state index contributed by atoms with van der Waals surface area (Å²) in [4.78, 5) is 10.7. The van der Waals surface area contributed by atoms with Gasteiger partial charge in [0.05, 0.1) is 23.8 Å². The SMILES string of the molecule is NC(=O)N/N=C/c1ccc(-n2nncc2C23CC4CC(CC(C4)C2)C3)cc1. The number of hydrazone groups is 1. The second-order valence-electron chi connectivity index (χ2n) is 8.55. The first-order valence-electron chi connectivity index (χ1n) is 9.71. The van der Waals surface area contributed by atoms with Crippen LogP contribution in [0.1, 0.15) is 49.8 Å². The molecule has 4 saturated carbocycles. The van der Waals surface area contributed by atoms with E-state index in [-0.39, 0.29) is 5.41 Å². The average Bonchev–Trinajstić information content (AvgIpc) is 3.11. The third-order valence-corrected chi connectivity index (χ3v) is 6.66. The molecule has 0 aliphatic heterocycles. The van der Waals surface area contributed by atoms with E-state index in [1.54, 1.807) is 6.21 Å². The largest absolute Gasteiger partial charge is 0.350 e. The Kier molecular flexibility index (Phi) is 3.77. The van der Waals surface area contributed by atoms with E-state index in [4.69, 9.17) is 5.73 Å². The number of primary amides is 1. The van der Waals surface area contributed by atoms with E-state index < -0.39 is 6.03 Å². The lowest BCUT2D eigenvalue weighted by Crippen LogP contribution is -2.49. The number of nitrogens with two attached hydrogens (primary N) is 1. The molecule has 4 aliphatic rings. The summed E-state index contributed by atoms with van der Waals surface area (Å²) in [6.45, 7) is 0. The Labute approximate surface area is 158 Å². The van der Waals surface area contributed by atoms with Gasteiger partial charge in [0.2, 0.25) is 0 Å². The van der Waals surface area contributed by atoms with Crippen molar-refractivity contribution in [2.45, 2.75) is 43.9 Å². The molecule has 0 atom stereocenters. The standard InChI is InChI=1S/C20H24N6O/c21-19(27)24-22-11-13-1-3-17(4-2-13)26-18(12-23-25-26)20-8-14-5-15(9-20)7-16(6-14)10-20/h1-4,11-12,14-16H,5-10H2,(H3,21,24,27)/b22-11+. The lowest BCUT2D eigenvalue weighted by molar-refractivity contribution is -0.00828. The molecule has 4 aliphatic carbocycles. The Morgan fingerprint density at radius 3 is 2.37 bits per heavy atom. The molecule has 1 aromatic carbocycles. The molecule has 1 aromatic heterocycles. The number of amides is 2. The van der Waals surface area contributed by atoms with Crippen molar-refractivity contribution in [1.82, 2.24) is 20.4 Å². The first-order valence-corrected chi connectivity index (χ1v) is 9.71. The highest BCUT2D eigenvalue weighted by molar-refractivity contribution is 5.81. The van der Waals surface area contributed by atoms with E-state index in [1.165, 1.54) is 44.2 Å². The summed E-state index contributed by atoms with van der Waals surface area (Å²) in [6, 6.07) is 7.26. The van der Waals surface area contributed by atoms with Crippen LogP contribution in [-0.4, -0.2) is 27.2 Å². The number of rotatable bonds is 4. The van der Waals surface area contributed by atoms with Gasteiger partial charge in [-0.2, -0.15) is 5.10 Å². The van der Waals surface area contributed by atoms with Gasteiger partial charge >= 0.3 is 6.03 Å². The minimum absolute atomic E-state index is 0.254. The Balaban J connectivity index is 1.42. The number of nitrogens with one attached hydrogen (secondary N) is 1. The van der Waals surface area contributed by atoms with Crippen LogP contribution >= 0.6 is 0 Å². The first-order chi connectivity index (χ1) is 13.1. The Bertz CT molecular complexity index is 849. The van der Waals surface area contributed by atoms with Crippen LogP contribution in [0, 0.1) is 17.8 Å². The highest BCUT2D eigenvalue weighted by Crippen LogP contribution is 2.60. The van der Waals surface area contributed by atoms with Gasteiger partial charge in [-0.15, -0.1) is 5.10 Å². The van der Waals surface area contributed by atoms with E-state index in [0.29, 0.717) is 0 Å². The number of benzene rings is 1. The van der Waals surface area contributed by atoms with Crippen molar-refractivity contribution in [2.24, 2.45) is 28.6 Å². The predicted octanol–water partition coefficient (Wildman–Crippen LogP) is 2.74. The highest BCUT2D eigenvalue weighted by Gasteiger charge is 2.53. The number of hydrogen-bond donors (Lipinski definition) is 2. The molecular weight excluding hydrogens is 340 g/mol. The molecule has 2 aromatic rings. The number of urea groups is 1. The van der Waals surface area contributed by atoms with Gasteiger partial charge in [-0.1, -0.05) is 17.3 Å². The van der Waals surface area contributed by atoms with Crippen molar-refractivity contribution in [2.75, 3.05) is 0 Å². The Morgan fingerprint density at radius 2 is 1.78 bits per heavy atom. The van der Waals surface area contributed by atoms with Crippen molar-refractivity contribution >= 4 is 12.2 Å². The van der Waals surface area contributed by atoms with Crippen LogP contribution in [0.5, 0.6) is 0 Å². The van der Waals surface area contributed by atoms with Crippen LogP contribution in [0.25, 0.3) is 5.69 Å². The average molecular weight is 364 g/mol. The van der Waals surface area contributed by atoms with Gasteiger partial charge in [0.1, 0.15) is 0 Å². The van der Waals surface area contributed by atoms with E-state index in [0.717, 1.165) is 29.0 Å². The Hall–Kier alpha value is -2.70. The summed E-state index contributed by atoms with van der Waals surface area (Å²) < 4.78 is 2.02. The van der Waals surface area contributed by atoms with Gasteiger partial charge in [-0.25, -0.2) is 14.9 Å². The number of carbonyl (C=O) groups excluding carboxylic acids is 1. The second-order valence-corrected chi connectivity index (χ2v) is 8.55. The molecule has 4 fully saturated rings. The molecule has 0 radical (unpaired) electrons. The van der Waals surface area contributed by atoms with Crippen LogP contribution in [0.2, 0.25) is 0 Å². The summed E-state index contributed by atoms with van der Waals surface area (Å²) in [5.74, 6) is 2.66. The zero-order chi connectivity index (χ0) is 18.4. The van der Waals surface area contributed by atoms with Crippen molar-refractivity contribution in [1.29, 1.82) is 0 Å². The van der Waals surface area contributed by atoms with Crippen LogP contribution in [0.4, 0.5) is 4.79 Å². The number of hydrogen-bond acceptors (Lipinski definition) is 4. The minimum Gasteiger partial charge on any atom is -0.350 e. The molecular formula is C20H24N6O. The fourth-order valence-electron chi connectivity index (χ4n) is 6.08. The van der Waals surface area contributed by atoms with E-state index in [9.17, 15) is 4.79 Å². The zero-order valence-corrected chi connectivity index (χ0v) is 15.2. The topological polar surface area (TPSA) is 98.2 Å². The molecule has 0 unspecified atom stereocenters. The predicted molar refractivity (Wildman–Crippen MR) is 102 cm³/mol. The van der Waals surface area contributed by atoms with Gasteiger partial charge in [-0.3, -0.25) is 0 Å². The molecule has 0 saturated heterocycles. The van der Waals surface area contributed by atoms with Crippen LogP contribution in [0.15, 0.2) is 35.6 Å². The molecule has 7 heteroatoms. The molecule has 7 nitrogen and oxygen atoms in total. The van der Waals surface area contributed by atoms with Crippen molar-refractivity contribution in [3.63, 3.8) is 0 Å². The summed E-state index contributed by atoms with van der Waals surface area (Å²) in [6.07, 6.45) is 11.7. The molecule has 1 heterocycles. The third kappa shape index (κ3) is 2.91. The van der Waals surface area contributed by atoms with Gasteiger partial charge in [0.25, 0.3) is 0 Å². The van der Waals surface area contributed by atoms with Gasteiger partial charge in [-0.05, 0) is 74.0 Å². The summed E-state index contributed by atoms with van der Waals surface area (Å²) in [7, 11) is 0. The van der Waals surface area contributed by atoms with Gasteiger partial charge in [0.15, 0.2) is 0 Å². The van der Waals surface area contributed by atoms with Crippen molar-refractivity contribution in [3.05, 3.63) is 41.7 Å². The van der Waals surface area contributed by atoms with Gasteiger partial charge < -0.3 is 5.73 Å². The zero-order valence-electron chi connectivity index (χ0n) is 15.2.